The first-order valence-corrected chi connectivity index (χ1v) is 9.33. The molecule has 2 aromatic rings. The van der Waals surface area contributed by atoms with Crippen LogP contribution >= 0.6 is 0 Å². The van der Waals surface area contributed by atoms with Crippen LogP contribution in [0.15, 0.2) is 48.5 Å². The minimum Gasteiger partial charge on any atom is -0.379 e. The second-order valence-electron chi connectivity index (χ2n) is 6.89. The first kappa shape index (κ1) is 21.3. The minimum atomic E-state index is -4.45. The predicted molar refractivity (Wildman–Crippen MR) is 99.7 cm³/mol. The Morgan fingerprint density at radius 2 is 1.79 bits per heavy atom. The molecule has 0 saturated carbocycles. The Kier molecular flexibility index (Phi) is 6.87. The zero-order valence-electron chi connectivity index (χ0n) is 15.7. The summed E-state index contributed by atoms with van der Waals surface area (Å²) in [7, 11) is 0. The molecule has 1 amide bonds. The van der Waals surface area contributed by atoms with Crippen LogP contribution < -0.4 is 5.32 Å². The third-order valence-electron chi connectivity index (χ3n) is 4.85. The minimum absolute atomic E-state index is 0.150. The number of hydrogen-bond acceptors (Lipinski definition) is 3. The van der Waals surface area contributed by atoms with Crippen molar-refractivity contribution in [3.63, 3.8) is 0 Å². The highest BCUT2D eigenvalue weighted by atomic mass is 19.4. The highest BCUT2D eigenvalue weighted by molar-refractivity contribution is 5.78. The van der Waals surface area contributed by atoms with E-state index in [4.69, 9.17) is 4.74 Å². The number of nitrogens with one attached hydrogen (secondary N) is 1. The Balaban J connectivity index is 1.65. The van der Waals surface area contributed by atoms with Crippen LogP contribution in [-0.4, -0.2) is 43.7 Å². The molecule has 0 unspecified atom stereocenters. The molecule has 1 heterocycles. The summed E-state index contributed by atoms with van der Waals surface area (Å²) in [6, 6.07) is 10.7. The zero-order valence-corrected chi connectivity index (χ0v) is 15.7. The number of hydrogen-bond donors (Lipinski definition) is 1. The summed E-state index contributed by atoms with van der Waals surface area (Å²) < 4.78 is 57.2. The van der Waals surface area contributed by atoms with Crippen molar-refractivity contribution in [3.8, 4) is 0 Å². The van der Waals surface area contributed by atoms with Crippen molar-refractivity contribution in [1.29, 1.82) is 0 Å². The lowest BCUT2D eigenvalue weighted by Crippen LogP contribution is -2.44. The quantitative estimate of drug-likeness (QED) is 0.741. The van der Waals surface area contributed by atoms with Gasteiger partial charge in [-0.25, -0.2) is 4.39 Å². The summed E-state index contributed by atoms with van der Waals surface area (Å²) in [6.45, 7) is 2.74. The van der Waals surface area contributed by atoms with Crippen LogP contribution in [0.3, 0.4) is 0 Å². The fourth-order valence-corrected chi connectivity index (χ4v) is 3.35. The van der Waals surface area contributed by atoms with Gasteiger partial charge in [0.2, 0.25) is 5.91 Å². The van der Waals surface area contributed by atoms with Crippen molar-refractivity contribution in [3.05, 3.63) is 71.0 Å². The van der Waals surface area contributed by atoms with Crippen molar-refractivity contribution < 1.29 is 27.1 Å². The number of nitrogens with zero attached hydrogens (tertiary/aromatic N) is 1. The van der Waals surface area contributed by atoms with Gasteiger partial charge < -0.3 is 10.1 Å². The number of amides is 1. The van der Waals surface area contributed by atoms with E-state index in [0.717, 1.165) is 17.7 Å². The van der Waals surface area contributed by atoms with Crippen LogP contribution in [0.25, 0.3) is 0 Å². The first-order valence-electron chi connectivity index (χ1n) is 9.33. The van der Waals surface area contributed by atoms with E-state index >= 15 is 0 Å². The van der Waals surface area contributed by atoms with Gasteiger partial charge in [0.05, 0.1) is 31.2 Å². The summed E-state index contributed by atoms with van der Waals surface area (Å²) in [5.74, 6) is -0.715. The molecule has 0 spiro atoms. The van der Waals surface area contributed by atoms with E-state index in [2.05, 4.69) is 10.2 Å². The molecule has 0 aromatic heterocycles. The van der Waals surface area contributed by atoms with Crippen LogP contribution in [0.4, 0.5) is 17.6 Å². The molecule has 4 nitrogen and oxygen atoms in total. The Labute approximate surface area is 166 Å². The van der Waals surface area contributed by atoms with Gasteiger partial charge in [0, 0.05) is 19.6 Å². The maximum Gasteiger partial charge on any atom is 0.416 e. The van der Waals surface area contributed by atoms with Crippen molar-refractivity contribution in [2.75, 3.05) is 32.8 Å². The Morgan fingerprint density at radius 3 is 2.45 bits per heavy atom. The Hall–Kier alpha value is -2.45. The lowest BCUT2D eigenvalue weighted by molar-refractivity contribution is -0.137. The van der Waals surface area contributed by atoms with Crippen LogP contribution in [0.1, 0.15) is 22.7 Å². The lowest BCUT2D eigenvalue weighted by Gasteiger charge is -2.35. The Bertz CT molecular complexity index is 818. The molecule has 1 saturated heterocycles. The monoisotopic (exact) mass is 410 g/mol. The van der Waals surface area contributed by atoms with Gasteiger partial charge in [-0.05, 0) is 29.3 Å². The Morgan fingerprint density at radius 1 is 1.10 bits per heavy atom. The fourth-order valence-electron chi connectivity index (χ4n) is 3.35. The molecule has 1 atom stereocenters. The zero-order chi connectivity index (χ0) is 20.9. The normalized spacial score (nSPS) is 16.4. The summed E-state index contributed by atoms with van der Waals surface area (Å²) in [5.41, 5.74) is 0.370. The van der Waals surface area contributed by atoms with Crippen molar-refractivity contribution in [2.24, 2.45) is 0 Å². The molecule has 1 N–H and O–H groups in total. The van der Waals surface area contributed by atoms with Gasteiger partial charge >= 0.3 is 6.18 Å². The van der Waals surface area contributed by atoms with E-state index in [9.17, 15) is 22.4 Å². The van der Waals surface area contributed by atoms with Gasteiger partial charge in [-0.2, -0.15) is 13.2 Å². The third-order valence-corrected chi connectivity index (χ3v) is 4.85. The molecule has 1 aliphatic heterocycles. The van der Waals surface area contributed by atoms with Gasteiger partial charge in [0.25, 0.3) is 0 Å². The molecule has 1 aliphatic rings. The molecule has 0 radical (unpaired) electrons. The summed E-state index contributed by atoms with van der Waals surface area (Å²) in [4.78, 5) is 14.5. The number of carbonyl (C=O) groups is 1. The van der Waals surface area contributed by atoms with E-state index in [1.807, 2.05) is 0 Å². The van der Waals surface area contributed by atoms with Gasteiger partial charge in [-0.1, -0.05) is 30.3 Å². The second-order valence-corrected chi connectivity index (χ2v) is 6.89. The average molecular weight is 410 g/mol. The molecule has 2 aromatic carbocycles. The summed E-state index contributed by atoms with van der Waals surface area (Å²) in [5, 5.41) is 2.80. The molecule has 0 bridgehead atoms. The average Bonchev–Trinajstić information content (AvgIpc) is 2.70. The molecular formula is C21H22F4N2O2. The highest BCUT2D eigenvalue weighted by Gasteiger charge is 2.30. The number of morpholine rings is 1. The van der Waals surface area contributed by atoms with Gasteiger partial charge in [0.15, 0.2) is 0 Å². The standard InChI is InChI=1S/C21H22F4N2O2/c22-18-6-4-16(5-7-18)19(27-8-10-29-11-9-27)14-26-20(28)13-15-2-1-3-17(12-15)21(23,24)25/h1-7,12,19H,8-11,13-14H2,(H,26,28)/t19-/m0/s1. The van der Waals surface area contributed by atoms with Crippen LogP contribution in [0.5, 0.6) is 0 Å². The molecule has 8 heteroatoms. The van der Waals surface area contributed by atoms with Crippen molar-refractivity contribution in [2.45, 2.75) is 18.6 Å². The second kappa shape index (κ2) is 9.37. The number of alkyl halides is 3. The van der Waals surface area contributed by atoms with Crippen LogP contribution in [0.2, 0.25) is 0 Å². The smallest absolute Gasteiger partial charge is 0.379 e. The maximum absolute atomic E-state index is 13.3. The maximum atomic E-state index is 13.3. The number of carbonyl (C=O) groups excluding carboxylic acids is 1. The van der Waals surface area contributed by atoms with Crippen molar-refractivity contribution >= 4 is 5.91 Å². The van der Waals surface area contributed by atoms with E-state index < -0.39 is 11.7 Å². The molecule has 0 aliphatic carbocycles. The van der Waals surface area contributed by atoms with E-state index in [1.165, 1.54) is 24.3 Å². The highest BCUT2D eigenvalue weighted by Crippen LogP contribution is 2.29. The molecule has 1 fully saturated rings. The van der Waals surface area contributed by atoms with Gasteiger partial charge in [-0.15, -0.1) is 0 Å². The number of halogens is 4. The SMILES string of the molecule is O=C(Cc1cccc(C(F)(F)F)c1)NC[C@@H](c1ccc(F)cc1)N1CCOCC1. The number of benzene rings is 2. The topological polar surface area (TPSA) is 41.6 Å². The largest absolute Gasteiger partial charge is 0.416 e. The van der Waals surface area contributed by atoms with E-state index in [0.29, 0.717) is 31.9 Å². The number of rotatable bonds is 6. The summed E-state index contributed by atoms with van der Waals surface area (Å²) in [6.07, 6.45) is -4.60. The first-order chi connectivity index (χ1) is 13.8. The number of ether oxygens (including phenoxy) is 1. The van der Waals surface area contributed by atoms with Gasteiger partial charge in [0.1, 0.15) is 5.82 Å². The fraction of sp³-hybridized carbons (Fsp3) is 0.381. The third kappa shape index (κ3) is 6.01. The predicted octanol–water partition coefficient (Wildman–Crippen LogP) is 3.58. The molecule has 29 heavy (non-hydrogen) atoms. The molecule has 3 rings (SSSR count). The van der Waals surface area contributed by atoms with E-state index in [1.54, 1.807) is 12.1 Å². The van der Waals surface area contributed by atoms with Gasteiger partial charge in [-0.3, -0.25) is 9.69 Å². The van der Waals surface area contributed by atoms with E-state index in [-0.39, 0.29) is 30.7 Å². The summed E-state index contributed by atoms with van der Waals surface area (Å²) >= 11 is 0. The van der Waals surface area contributed by atoms with Crippen LogP contribution in [-0.2, 0) is 22.1 Å². The molecular weight excluding hydrogens is 388 g/mol. The van der Waals surface area contributed by atoms with Crippen molar-refractivity contribution in [1.82, 2.24) is 10.2 Å². The lowest BCUT2D eigenvalue weighted by atomic mass is 10.0. The van der Waals surface area contributed by atoms with Crippen LogP contribution in [0, 0.1) is 5.82 Å². The molecule has 156 valence electrons.